The summed E-state index contributed by atoms with van der Waals surface area (Å²) < 4.78 is 37.1. The van der Waals surface area contributed by atoms with Crippen LogP contribution in [0.15, 0.2) is 0 Å². The summed E-state index contributed by atoms with van der Waals surface area (Å²) in [5.74, 6) is -2.81. The van der Waals surface area contributed by atoms with Crippen LogP contribution in [0.1, 0.15) is 39.0 Å². The second-order valence-corrected chi connectivity index (χ2v) is 6.14. The first-order chi connectivity index (χ1) is 8.99. The zero-order chi connectivity index (χ0) is 13.9. The number of hydrogen-bond donors (Lipinski definition) is 1. The molecule has 2 rings (SSSR count). The molecular formula is C14H24F2O3. The van der Waals surface area contributed by atoms with Crippen molar-refractivity contribution in [2.45, 2.75) is 51.1 Å². The summed E-state index contributed by atoms with van der Waals surface area (Å²) in [4.78, 5) is 0. The van der Waals surface area contributed by atoms with E-state index >= 15 is 0 Å². The van der Waals surface area contributed by atoms with Crippen LogP contribution in [0.2, 0.25) is 0 Å². The van der Waals surface area contributed by atoms with Crippen molar-refractivity contribution in [2.75, 3.05) is 26.4 Å². The maximum absolute atomic E-state index is 13.0. The Kier molecular flexibility index (Phi) is 4.79. The molecule has 112 valence electrons. The van der Waals surface area contributed by atoms with Crippen molar-refractivity contribution in [3.05, 3.63) is 0 Å². The van der Waals surface area contributed by atoms with Crippen LogP contribution in [0.5, 0.6) is 0 Å². The Hall–Kier alpha value is -0.260. The van der Waals surface area contributed by atoms with Crippen molar-refractivity contribution in [2.24, 2.45) is 11.3 Å². The molecule has 1 saturated carbocycles. The quantitative estimate of drug-likeness (QED) is 0.742. The van der Waals surface area contributed by atoms with E-state index in [0.717, 1.165) is 13.0 Å². The summed E-state index contributed by atoms with van der Waals surface area (Å²) in [7, 11) is 0. The second kappa shape index (κ2) is 6.02. The van der Waals surface area contributed by atoms with Crippen LogP contribution in [0.25, 0.3) is 0 Å². The smallest absolute Gasteiger partial charge is 0.273 e. The molecule has 5 heteroatoms. The SMILES string of the molecule is CCC1(COCC2CO[C@H](CC(F)(F)CO)C2)CC1. The van der Waals surface area contributed by atoms with Gasteiger partial charge >= 0.3 is 0 Å². The van der Waals surface area contributed by atoms with Crippen molar-refractivity contribution in [1.29, 1.82) is 0 Å². The minimum absolute atomic E-state index is 0.215. The topological polar surface area (TPSA) is 38.7 Å². The zero-order valence-corrected chi connectivity index (χ0v) is 11.5. The van der Waals surface area contributed by atoms with E-state index in [1.165, 1.54) is 12.8 Å². The molecule has 0 radical (unpaired) electrons. The largest absolute Gasteiger partial charge is 0.390 e. The van der Waals surface area contributed by atoms with Gasteiger partial charge in [-0.3, -0.25) is 0 Å². The highest BCUT2D eigenvalue weighted by Gasteiger charge is 2.41. The van der Waals surface area contributed by atoms with Gasteiger partial charge in [0.15, 0.2) is 0 Å². The van der Waals surface area contributed by atoms with Gasteiger partial charge in [-0.2, -0.15) is 0 Å². The fourth-order valence-electron chi connectivity index (χ4n) is 2.65. The van der Waals surface area contributed by atoms with E-state index in [1.54, 1.807) is 0 Å². The van der Waals surface area contributed by atoms with Gasteiger partial charge in [0, 0.05) is 12.3 Å². The van der Waals surface area contributed by atoms with Gasteiger partial charge in [-0.1, -0.05) is 6.92 Å². The number of ether oxygens (including phenoxy) is 2. The van der Waals surface area contributed by atoms with E-state index in [0.29, 0.717) is 25.0 Å². The van der Waals surface area contributed by atoms with Crippen LogP contribution >= 0.6 is 0 Å². The molecule has 0 aromatic rings. The average molecular weight is 278 g/mol. The van der Waals surface area contributed by atoms with Crippen LogP contribution in [0.4, 0.5) is 8.78 Å². The van der Waals surface area contributed by atoms with Crippen LogP contribution in [0, 0.1) is 11.3 Å². The van der Waals surface area contributed by atoms with E-state index in [1.807, 2.05) is 0 Å². The van der Waals surface area contributed by atoms with Crippen molar-refractivity contribution < 1.29 is 23.4 Å². The Bertz CT molecular complexity index is 292. The van der Waals surface area contributed by atoms with E-state index in [2.05, 4.69) is 6.92 Å². The second-order valence-electron chi connectivity index (χ2n) is 6.14. The molecule has 0 amide bonds. The third-order valence-electron chi connectivity index (χ3n) is 4.39. The van der Waals surface area contributed by atoms with Gasteiger partial charge < -0.3 is 14.6 Å². The number of alkyl halides is 2. The highest BCUT2D eigenvalue weighted by Crippen LogP contribution is 2.48. The number of aliphatic hydroxyl groups is 1. The molecule has 2 atom stereocenters. The number of hydrogen-bond acceptors (Lipinski definition) is 3. The molecule has 1 saturated heterocycles. The molecule has 2 fully saturated rings. The highest BCUT2D eigenvalue weighted by atomic mass is 19.3. The molecule has 1 unspecified atom stereocenters. The fourth-order valence-corrected chi connectivity index (χ4v) is 2.65. The van der Waals surface area contributed by atoms with E-state index in [-0.39, 0.29) is 12.3 Å². The van der Waals surface area contributed by atoms with Crippen molar-refractivity contribution >= 4 is 0 Å². The molecule has 1 N–H and O–H groups in total. The molecule has 3 nitrogen and oxygen atoms in total. The van der Waals surface area contributed by atoms with Gasteiger partial charge in [-0.05, 0) is 31.1 Å². The first-order valence-electron chi connectivity index (χ1n) is 7.17. The van der Waals surface area contributed by atoms with Crippen molar-refractivity contribution in [3.8, 4) is 0 Å². The Morgan fingerprint density at radius 1 is 1.42 bits per heavy atom. The molecule has 0 aromatic carbocycles. The maximum Gasteiger partial charge on any atom is 0.273 e. The average Bonchev–Trinajstić information content (AvgIpc) is 3.03. The summed E-state index contributed by atoms with van der Waals surface area (Å²) in [6.07, 6.45) is 3.41. The molecule has 1 heterocycles. The normalized spacial score (nSPS) is 29.7. The predicted molar refractivity (Wildman–Crippen MR) is 67.3 cm³/mol. The summed E-state index contributed by atoms with van der Waals surface area (Å²) in [5.41, 5.74) is 0.406. The van der Waals surface area contributed by atoms with Gasteiger partial charge in [0.1, 0.15) is 6.61 Å². The zero-order valence-electron chi connectivity index (χ0n) is 11.5. The molecule has 0 bridgehead atoms. The minimum Gasteiger partial charge on any atom is -0.390 e. The number of rotatable bonds is 8. The Balaban J connectivity index is 1.62. The molecule has 0 aromatic heterocycles. The summed E-state index contributed by atoms with van der Waals surface area (Å²) >= 11 is 0. The summed E-state index contributed by atoms with van der Waals surface area (Å²) in [6, 6.07) is 0. The molecule has 0 spiro atoms. The third kappa shape index (κ3) is 4.36. The standard InChI is InChI=1S/C14H24F2O3/c1-2-13(3-4-13)10-18-7-11-5-12(19-8-11)6-14(15,16)9-17/h11-12,17H,2-10H2,1H3/t11?,12-/m0/s1. The lowest BCUT2D eigenvalue weighted by Crippen LogP contribution is -2.27. The molecule has 19 heavy (non-hydrogen) atoms. The highest BCUT2D eigenvalue weighted by molar-refractivity contribution is 4.91. The molecule has 1 aliphatic heterocycles. The van der Waals surface area contributed by atoms with E-state index in [9.17, 15) is 8.78 Å². The Morgan fingerprint density at radius 3 is 2.74 bits per heavy atom. The van der Waals surface area contributed by atoms with Crippen LogP contribution in [0.3, 0.4) is 0 Å². The van der Waals surface area contributed by atoms with Gasteiger partial charge in [0.05, 0.1) is 25.9 Å². The Labute approximate surface area is 113 Å². The monoisotopic (exact) mass is 278 g/mol. The van der Waals surface area contributed by atoms with Crippen LogP contribution in [-0.2, 0) is 9.47 Å². The summed E-state index contributed by atoms with van der Waals surface area (Å²) in [5, 5.41) is 8.56. The van der Waals surface area contributed by atoms with Gasteiger partial charge in [0.25, 0.3) is 5.92 Å². The van der Waals surface area contributed by atoms with Gasteiger partial charge in [-0.25, -0.2) is 8.78 Å². The first kappa shape index (κ1) is 15.1. The van der Waals surface area contributed by atoms with E-state index in [4.69, 9.17) is 14.6 Å². The molecule has 1 aliphatic carbocycles. The van der Waals surface area contributed by atoms with Crippen molar-refractivity contribution in [1.82, 2.24) is 0 Å². The maximum atomic E-state index is 13.0. The lowest BCUT2D eigenvalue weighted by atomic mass is 10.0. The van der Waals surface area contributed by atoms with Gasteiger partial charge in [0.2, 0.25) is 0 Å². The lowest BCUT2D eigenvalue weighted by molar-refractivity contribution is -0.0849. The fraction of sp³-hybridized carbons (Fsp3) is 1.00. The van der Waals surface area contributed by atoms with Crippen LogP contribution < -0.4 is 0 Å². The minimum atomic E-state index is -3.03. The first-order valence-corrected chi connectivity index (χ1v) is 7.17. The lowest BCUT2D eigenvalue weighted by Gasteiger charge is -2.17. The Morgan fingerprint density at radius 2 is 2.16 bits per heavy atom. The van der Waals surface area contributed by atoms with Gasteiger partial charge in [-0.15, -0.1) is 0 Å². The number of aliphatic hydroxyl groups excluding tert-OH is 1. The molecular weight excluding hydrogens is 254 g/mol. The number of halogens is 2. The third-order valence-corrected chi connectivity index (χ3v) is 4.39. The molecule has 2 aliphatic rings. The van der Waals surface area contributed by atoms with Crippen molar-refractivity contribution in [3.63, 3.8) is 0 Å². The predicted octanol–water partition coefficient (Wildman–Crippen LogP) is 2.62. The summed E-state index contributed by atoms with van der Waals surface area (Å²) in [6.45, 7) is 2.96. The van der Waals surface area contributed by atoms with Crippen LogP contribution in [-0.4, -0.2) is 43.6 Å². The van der Waals surface area contributed by atoms with E-state index < -0.39 is 18.6 Å².